The van der Waals surface area contributed by atoms with Gasteiger partial charge in [-0.3, -0.25) is 4.79 Å². The second-order valence-electron chi connectivity index (χ2n) is 8.19. The zero-order valence-electron chi connectivity index (χ0n) is 20.6. The maximum Gasteiger partial charge on any atom is 0.259 e. The van der Waals surface area contributed by atoms with Crippen molar-refractivity contribution in [2.75, 3.05) is 23.0 Å². The van der Waals surface area contributed by atoms with Crippen molar-refractivity contribution in [3.05, 3.63) is 115 Å². The van der Waals surface area contributed by atoms with Crippen LogP contribution in [-0.2, 0) is 6.54 Å². The molecule has 0 saturated heterocycles. The highest BCUT2D eigenvalue weighted by Crippen LogP contribution is 2.31. The summed E-state index contributed by atoms with van der Waals surface area (Å²) in [6.07, 6.45) is 4.99. The van der Waals surface area contributed by atoms with Crippen molar-refractivity contribution in [1.29, 1.82) is 0 Å². The van der Waals surface area contributed by atoms with E-state index in [1.54, 1.807) is 68.1 Å². The molecule has 0 radical (unpaired) electrons. The highest BCUT2D eigenvalue weighted by molar-refractivity contribution is 6.07. The Morgan fingerprint density at radius 1 is 0.816 bits per heavy atom. The van der Waals surface area contributed by atoms with Gasteiger partial charge in [-0.2, -0.15) is 0 Å². The monoisotopic (exact) mass is 503 g/mol. The number of anilines is 3. The van der Waals surface area contributed by atoms with Gasteiger partial charge in [0, 0.05) is 37.9 Å². The van der Waals surface area contributed by atoms with Crippen LogP contribution >= 0.6 is 0 Å². The van der Waals surface area contributed by atoms with Gasteiger partial charge >= 0.3 is 0 Å². The number of hydrogen-bond acceptors (Lipinski definition) is 8. The van der Waals surface area contributed by atoms with Crippen molar-refractivity contribution < 1.29 is 9.53 Å². The number of aromatic nitrogens is 4. The number of nitrogens with zero attached hydrogens (tertiary/aromatic N) is 4. The average Bonchev–Trinajstić information content (AvgIpc) is 2.98. The van der Waals surface area contributed by atoms with Crippen LogP contribution in [0.1, 0.15) is 15.9 Å². The first-order valence-electron chi connectivity index (χ1n) is 12.0. The molecular formula is C29H25N7O2. The third kappa shape index (κ3) is 5.90. The first-order valence-corrected chi connectivity index (χ1v) is 12.0. The van der Waals surface area contributed by atoms with Crippen LogP contribution in [-0.4, -0.2) is 32.9 Å². The summed E-state index contributed by atoms with van der Waals surface area (Å²) in [5.41, 5.74) is 3.59. The van der Waals surface area contributed by atoms with E-state index in [4.69, 9.17) is 4.74 Å². The molecular weight excluding hydrogens is 478 g/mol. The third-order valence-corrected chi connectivity index (χ3v) is 5.61. The molecule has 0 aliphatic heterocycles. The van der Waals surface area contributed by atoms with Gasteiger partial charge in [0.05, 0.1) is 16.8 Å². The van der Waals surface area contributed by atoms with Crippen LogP contribution in [0.3, 0.4) is 0 Å². The number of benzene rings is 2. The fraction of sp³-hybridized carbons (Fsp3) is 0.0690. The number of rotatable bonds is 9. The fourth-order valence-electron chi connectivity index (χ4n) is 3.72. The van der Waals surface area contributed by atoms with E-state index in [1.165, 1.54) is 0 Å². The van der Waals surface area contributed by atoms with E-state index in [9.17, 15) is 4.79 Å². The Morgan fingerprint density at radius 3 is 2.42 bits per heavy atom. The minimum absolute atomic E-state index is 0.265. The minimum Gasteiger partial charge on any atom is -0.438 e. The molecule has 5 aromatic rings. The van der Waals surface area contributed by atoms with Gasteiger partial charge in [-0.15, -0.1) is 0 Å². The zero-order valence-corrected chi connectivity index (χ0v) is 20.6. The van der Waals surface area contributed by atoms with Gasteiger partial charge in [0.25, 0.3) is 5.91 Å². The molecule has 0 aliphatic rings. The SMILES string of the molecule is CNc1nccc(-c2cccnc2Oc2ccc(NC(=O)c3cccnc3NCc3ccccc3)cc2)n1. The smallest absolute Gasteiger partial charge is 0.259 e. The fourth-order valence-corrected chi connectivity index (χ4v) is 3.72. The second-order valence-corrected chi connectivity index (χ2v) is 8.19. The molecule has 0 fully saturated rings. The normalized spacial score (nSPS) is 10.4. The van der Waals surface area contributed by atoms with Crippen molar-refractivity contribution in [3.63, 3.8) is 0 Å². The van der Waals surface area contributed by atoms with E-state index in [2.05, 4.69) is 35.9 Å². The molecule has 0 atom stereocenters. The Labute approximate surface area is 220 Å². The second kappa shape index (κ2) is 11.6. The van der Waals surface area contributed by atoms with E-state index in [1.807, 2.05) is 42.5 Å². The van der Waals surface area contributed by atoms with Crippen molar-refractivity contribution >= 4 is 23.4 Å². The van der Waals surface area contributed by atoms with E-state index in [0.717, 1.165) is 11.1 Å². The lowest BCUT2D eigenvalue weighted by molar-refractivity contribution is 0.102. The standard InChI is InChI=1S/C29H25N7O2/c1-30-29-33-18-15-25(36-29)23-9-5-17-32-28(23)38-22-13-11-21(12-14-22)35-27(37)24-10-6-16-31-26(24)34-19-20-7-3-2-4-8-20/h2-18H,19H2,1H3,(H,31,34)(H,35,37)(H,30,33,36). The summed E-state index contributed by atoms with van der Waals surface area (Å²) in [5.74, 6) is 1.73. The van der Waals surface area contributed by atoms with Crippen molar-refractivity contribution in [1.82, 2.24) is 19.9 Å². The lowest BCUT2D eigenvalue weighted by Crippen LogP contribution is -2.15. The molecule has 9 nitrogen and oxygen atoms in total. The van der Waals surface area contributed by atoms with Crippen LogP contribution in [0.4, 0.5) is 17.5 Å². The van der Waals surface area contributed by atoms with E-state index < -0.39 is 0 Å². The van der Waals surface area contributed by atoms with Gasteiger partial charge in [-0.05, 0) is 60.2 Å². The predicted molar refractivity (Wildman–Crippen MR) is 147 cm³/mol. The van der Waals surface area contributed by atoms with E-state index >= 15 is 0 Å². The van der Waals surface area contributed by atoms with Gasteiger partial charge in [-0.25, -0.2) is 19.9 Å². The maximum absolute atomic E-state index is 13.0. The summed E-state index contributed by atoms with van der Waals surface area (Å²) in [4.78, 5) is 30.4. The zero-order chi connectivity index (χ0) is 26.2. The molecule has 5 rings (SSSR count). The third-order valence-electron chi connectivity index (χ3n) is 5.61. The Kier molecular flexibility index (Phi) is 7.46. The summed E-state index contributed by atoms with van der Waals surface area (Å²) in [6.45, 7) is 0.560. The van der Waals surface area contributed by atoms with Gasteiger partial charge in [0.15, 0.2) is 0 Å². The minimum atomic E-state index is -0.265. The summed E-state index contributed by atoms with van der Waals surface area (Å²) in [5, 5.41) is 9.10. The molecule has 0 bridgehead atoms. The first kappa shape index (κ1) is 24.4. The number of hydrogen-bond donors (Lipinski definition) is 3. The first-order chi connectivity index (χ1) is 18.7. The van der Waals surface area contributed by atoms with Gasteiger partial charge in [-0.1, -0.05) is 30.3 Å². The highest BCUT2D eigenvalue weighted by Gasteiger charge is 2.14. The number of amides is 1. The van der Waals surface area contributed by atoms with Gasteiger partial charge in [0.1, 0.15) is 11.6 Å². The van der Waals surface area contributed by atoms with Crippen LogP contribution in [0.5, 0.6) is 11.6 Å². The summed E-state index contributed by atoms with van der Waals surface area (Å²) < 4.78 is 6.05. The molecule has 3 aromatic heterocycles. The molecule has 38 heavy (non-hydrogen) atoms. The summed E-state index contributed by atoms with van der Waals surface area (Å²) in [6, 6.07) is 26.0. The molecule has 0 aliphatic carbocycles. The summed E-state index contributed by atoms with van der Waals surface area (Å²) in [7, 11) is 1.76. The molecule has 1 amide bonds. The van der Waals surface area contributed by atoms with Crippen molar-refractivity contribution in [2.24, 2.45) is 0 Å². The Balaban J connectivity index is 1.27. The number of carbonyl (C=O) groups is 1. The lowest BCUT2D eigenvalue weighted by Gasteiger charge is -2.12. The topological polar surface area (TPSA) is 114 Å². The molecule has 3 heterocycles. The predicted octanol–water partition coefficient (Wildman–Crippen LogP) is 5.63. The molecule has 188 valence electrons. The van der Waals surface area contributed by atoms with Crippen LogP contribution in [0.2, 0.25) is 0 Å². The molecule has 0 unspecified atom stereocenters. The Morgan fingerprint density at radius 2 is 1.61 bits per heavy atom. The van der Waals surface area contributed by atoms with Crippen LogP contribution < -0.4 is 20.7 Å². The highest BCUT2D eigenvalue weighted by atomic mass is 16.5. The maximum atomic E-state index is 13.0. The average molecular weight is 504 g/mol. The Hall–Kier alpha value is -5.31. The quantitative estimate of drug-likeness (QED) is 0.237. The number of ether oxygens (including phenoxy) is 1. The van der Waals surface area contributed by atoms with Crippen molar-refractivity contribution in [3.8, 4) is 22.9 Å². The van der Waals surface area contributed by atoms with Gasteiger partial charge < -0.3 is 20.7 Å². The molecule has 2 aromatic carbocycles. The molecule has 3 N–H and O–H groups in total. The van der Waals surface area contributed by atoms with Gasteiger partial charge in [0.2, 0.25) is 11.8 Å². The van der Waals surface area contributed by atoms with Crippen LogP contribution in [0.15, 0.2) is 104 Å². The largest absolute Gasteiger partial charge is 0.438 e. The molecule has 0 saturated carbocycles. The van der Waals surface area contributed by atoms with Crippen molar-refractivity contribution in [2.45, 2.75) is 6.54 Å². The molecule has 0 spiro atoms. The number of nitrogens with one attached hydrogen (secondary N) is 3. The number of pyridine rings is 2. The summed E-state index contributed by atoms with van der Waals surface area (Å²) >= 11 is 0. The lowest BCUT2D eigenvalue weighted by atomic mass is 10.2. The van der Waals surface area contributed by atoms with E-state index in [-0.39, 0.29) is 5.91 Å². The van der Waals surface area contributed by atoms with Crippen LogP contribution in [0, 0.1) is 0 Å². The van der Waals surface area contributed by atoms with Crippen LogP contribution in [0.25, 0.3) is 11.3 Å². The number of carbonyl (C=O) groups excluding carboxylic acids is 1. The Bertz CT molecular complexity index is 1530. The van der Waals surface area contributed by atoms with E-state index in [0.29, 0.717) is 46.9 Å². The molecule has 9 heteroatoms.